The maximum Gasteiger partial charge on any atom is 0.150 e. The molecule has 1 heterocycles. The molecule has 0 atom stereocenters. The number of hydrazone groups is 1. The number of hydrogen-bond acceptors (Lipinski definition) is 3. The first-order chi connectivity index (χ1) is 6.95. The van der Waals surface area contributed by atoms with Crippen LogP contribution in [-0.4, -0.2) is 16.2 Å². The average molecular weight is 186 g/mol. The zero-order chi connectivity index (χ0) is 9.64. The number of aromatic nitrogens is 2. The van der Waals surface area contributed by atoms with Crippen molar-refractivity contribution in [1.29, 1.82) is 0 Å². The number of hydrogen-bond donors (Lipinski definition) is 2. The average Bonchev–Trinajstić information content (AvgIpc) is 2.72. The predicted octanol–water partition coefficient (Wildman–Crippen LogP) is 1.86. The molecule has 0 saturated heterocycles. The molecule has 0 aliphatic rings. The summed E-state index contributed by atoms with van der Waals surface area (Å²) in [5.74, 6) is 0.730. The highest BCUT2D eigenvalue weighted by atomic mass is 15.3. The number of rotatable bonds is 3. The summed E-state index contributed by atoms with van der Waals surface area (Å²) in [5.41, 5.74) is 3.85. The summed E-state index contributed by atoms with van der Waals surface area (Å²) in [6.07, 6.45) is 5.07. The Morgan fingerprint density at radius 3 is 2.86 bits per heavy atom. The summed E-state index contributed by atoms with van der Waals surface area (Å²) >= 11 is 0. The maximum atomic E-state index is 4.02. The van der Waals surface area contributed by atoms with Crippen LogP contribution >= 0.6 is 0 Å². The van der Waals surface area contributed by atoms with Crippen molar-refractivity contribution in [3.63, 3.8) is 0 Å². The molecule has 2 rings (SSSR count). The van der Waals surface area contributed by atoms with Gasteiger partial charge in [-0.25, -0.2) is 4.98 Å². The number of aromatic amines is 1. The predicted molar refractivity (Wildman–Crippen MR) is 56.2 cm³/mol. The van der Waals surface area contributed by atoms with Gasteiger partial charge in [-0.3, -0.25) is 5.43 Å². The maximum absolute atomic E-state index is 4.02. The molecule has 70 valence electrons. The van der Waals surface area contributed by atoms with E-state index in [9.17, 15) is 0 Å². The van der Waals surface area contributed by atoms with Crippen molar-refractivity contribution in [3.8, 4) is 0 Å². The SMILES string of the molecule is C(=NNc1ccccc1)c1ncc[nH]1. The molecule has 0 radical (unpaired) electrons. The number of nitrogens with one attached hydrogen (secondary N) is 2. The van der Waals surface area contributed by atoms with E-state index in [4.69, 9.17) is 0 Å². The van der Waals surface area contributed by atoms with Gasteiger partial charge in [0.15, 0.2) is 0 Å². The van der Waals surface area contributed by atoms with Crippen LogP contribution in [0.3, 0.4) is 0 Å². The molecule has 4 heteroatoms. The molecule has 0 spiro atoms. The Kier molecular flexibility index (Phi) is 2.56. The third-order valence-electron chi connectivity index (χ3n) is 1.67. The normalized spacial score (nSPS) is 10.6. The highest BCUT2D eigenvalue weighted by molar-refractivity contribution is 5.75. The molecule has 0 aliphatic heterocycles. The summed E-state index contributed by atoms with van der Waals surface area (Å²) in [4.78, 5) is 6.93. The topological polar surface area (TPSA) is 53.1 Å². The molecule has 4 nitrogen and oxygen atoms in total. The molecule has 14 heavy (non-hydrogen) atoms. The quantitative estimate of drug-likeness (QED) is 0.567. The van der Waals surface area contributed by atoms with Gasteiger partial charge < -0.3 is 4.98 Å². The van der Waals surface area contributed by atoms with Crippen LogP contribution in [0, 0.1) is 0 Å². The number of imidazole rings is 1. The van der Waals surface area contributed by atoms with Gasteiger partial charge in [0.1, 0.15) is 5.82 Å². The van der Waals surface area contributed by atoms with Gasteiger partial charge in [0.25, 0.3) is 0 Å². The Morgan fingerprint density at radius 2 is 2.14 bits per heavy atom. The third-order valence-corrected chi connectivity index (χ3v) is 1.67. The number of anilines is 1. The first-order valence-electron chi connectivity index (χ1n) is 4.28. The van der Waals surface area contributed by atoms with Crippen LogP contribution in [0.4, 0.5) is 5.69 Å². The summed E-state index contributed by atoms with van der Waals surface area (Å²) in [5, 5.41) is 4.02. The summed E-state index contributed by atoms with van der Waals surface area (Å²) < 4.78 is 0. The van der Waals surface area contributed by atoms with Crippen molar-refractivity contribution < 1.29 is 0 Å². The number of nitrogens with zero attached hydrogens (tertiary/aromatic N) is 2. The molecule has 0 saturated carbocycles. The van der Waals surface area contributed by atoms with E-state index in [2.05, 4.69) is 20.5 Å². The summed E-state index contributed by atoms with van der Waals surface area (Å²) in [6.45, 7) is 0. The van der Waals surface area contributed by atoms with Gasteiger partial charge in [0, 0.05) is 12.4 Å². The number of H-pyrrole nitrogens is 1. The Morgan fingerprint density at radius 1 is 1.29 bits per heavy atom. The van der Waals surface area contributed by atoms with Crippen LogP contribution in [0.5, 0.6) is 0 Å². The van der Waals surface area contributed by atoms with Crippen LogP contribution in [0.25, 0.3) is 0 Å². The second-order valence-electron chi connectivity index (χ2n) is 2.71. The zero-order valence-corrected chi connectivity index (χ0v) is 7.51. The van der Waals surface area contributed by atoms with Gasteiger partial charge in [0.2, 0.25) is 0 Å². The number of benzene rings is 1. The summed E-state index contributed by atoms with van der Waals surface area (Å²) in [6, 6.07) is 9.75. The zero-order valence-electron chi connectivity index (χ0n) is 7.51. The minimum Gasteiger partial charge on any atom is -0.344 e. The van der Waals surface area contributed by atoms with Crippen LogP contribution < -0.4 is 5.43 Å². The van der Waals surface area contributed by atoms with E-state index >= 15 is 0 Å². The smallest absolute Gasteiger partial charge is 0.150 e. The Bertz CT molecular complexity index is 391. The van der Waals surface area contributed by atoms with Crippen molar-refractivity contribution >= 4 is 11.9 Å². The van der Waals surface area contributed by atoms with E-state index < -0.39 is 0 Å². The molecule has 0 unspecified atom stereocenters. The molecule has 1 aromatic carbocycles. The van der Waals surface area contributed by atoms with Crippen molar-refractivity contribution in [2.45, 2.75) is 0 Å². The molecule has 1 aromatic heterocycles. The second-order valence-corrected chi connectivity index (χ2v) is 2.71. The van der Waals surface area contributed by atoms with E-state index in [1.165, 1.54) is 0 Å². The van der Waals surface area contributed by atoms with E-state index in [1.54, 1.807) is 18.6 Å². The number of para-hydroxylation sites is 1. The monoisotopic (exact) mass is 186 g/mol. The fourth-order valence-electron chi connectivity index (χ4n) is 1.03. The van der Waals surface area contributed by atoms with Crippen LogP contribution in [0.2, 0.25) is 0 Å². The summed E-state index contributed by atoms with van der Waals surface area (Å²) in [7, 11) is 0. The van der Waals surface area contributed by atoms with Crippen LogP contribution in [0.15, 0.2) is 47.8 Å². The van der Waals surface area contributed by atoms with E-state index in [0.717, 1.165) is 11.5 Å². The Hall–Kier alpha value is -2.10. The van der Waals surface area contributed by atoms with E-state index in [-0.39, 0.29) is 0 Å². The second kappa shape index (κ2) is 4.23. The largest absolute Gasteiger partial charge is 0.344 e. The molecular weight excluding hydrogens is 176 g/mol. The molecule has 0 bridgehead atoms. The van der Waals surface area contributed by atoms with E-state index in [1.807, 2.05) is 30.3 Å². The molecular formula is C10H10N4. The van der Waals surface area contributed by atoms with E-state index in [0.29, 0.717) is 0 Å². The highest BCUT2D eigenvalue weighted by Crippen LogP contribution is 2.03. The van der Waals surface area contributed by atoms with Gasteiger partial charge in [-0.1, -0.05) is 18.2 Å². The molecule has 2 aromatic rings. The molecule has 0 fully saturated rings. The molecule has 2 N–H and O–H groups in total. The first-order valence-corrected chi connectivity index (χ1v) is 4.28. The van der Waals surface area contributed by atoms with Gasteiger partial charge in [-0.05, 0) is 12.1 Å². The van der Waals surface area contributed by atoms with Crippen LogP contribution in [-0.2, 0) is 0 Å². The van der Waals surface area contributed by atoms with Crippen molar-refractivity contribution in [2.75, 3.05) is 5.43 Å². The lowest BCUT2D eigenvalue weighted by atomic mass is 10.3. The fourth-order valence-corrected chi connectivity index (χ4v) is 1.03. The molecule has 0 amide bonds. The standard InChI is InChI=1S/C10H10N4/c1-2-4-9(5-3-1)14-13-8-10-11-6-7-12-10/h1-8,14H,(H,11,12). The van der Waals surface area contributed by atoms with Gasteiger partial charge in [-0.2, -0.15) is 5.10 Å². The van der Waals surface area contributed by atoms with Crippen molar-refractivity contribution in [1.82, 2.24) is 9.97 Å². The minimum absolute atomic E-state index is 0.730. The Balaban J connectivity index is 1.95. The first kappa shape index (κ1) is 8.50. The van der Waals surface area contributed by atoms with Gasteiger partial charge in [-0.15, -0.1) is 0 Å². The lowest BCUT2D eigenvalue weighted by Crippen LogP contribution is -1.91. The lowest BCUT2D eigenvalue weighted by Gasteiger charge is -1.96. The van der Waals surface area contributed by atoms with Gasteiger partial charge in [0.05, 0.1) is 11.9 Å². The minimum atomic E-state index is 0.730. The van der Waals surface area contributed by atoms with Crippen molar-refractivity contribution in [3.05, 3.63) is 48.5 Å². The van der Waals surface area contributed by atoms with Crippen molar-refractivity contribution in [2.24, 2.45) is 5.10 Å². The van der Waals surface area contributed by atoms with Crippen LogP contribution in [0.1, 0.15) is 5.82 Å². The fraction of sp³-hybridized carbons (Fsp3) is 0. The lowest BCUT2D eigenvalue weighted by molar-refractivity contribution is 1.25. The molecule has 0 aliphatic carbocycles. The van der Waals surface area contributed by atoms with Gasteiger partial charge >= 0.3 is 0 Å². The third kappa shape index (κ3) is 2.20. The Labute approximate surface area is 81.7 Å². The highest BCUT2D eigenvalue weighted by Gasteiger charge is 1.87.